The highest BCUT2D eigenvalue weighted by atomic mass is 16.5. The fourth-order valence-corrected chi connectivity index (χ4v) is 3.46. The number of hydrogen-bond donors (Lipinski definition) is 1. The van der Waals surface area contributed by atoms with Crippen LogP contribution in [0.15, 0.2) is 42.5 Å². The Morgan fingerprint density at radius 1 is 1.10 bits per heavy atom. The molecule has 0 bridgehead atoms. The summed E-state index contributed by atoms with van der Waals surface area (Å²) in [5.74, 6) is 1.24. The molecule has 8 heteroatoms. The lowest BCUT2D eigenvalue weighted by molar-refractivity contribution is -0.143. The first-order chi connectivity index (χ1) is 15.0. The summed E-state index contributed by atoms with van der Waals surface area (Å²) in [5.41, 5.74) is 2.36. The highest BCUT2D eigenvalue weighted by Crippen LogP contribution is 2.28. The molecule has 31 heavy (non-hydrogen) atoms. The zero-order valence-electron chi connectivity index (χ0n) is 18.2. The molecule has 0 radical (unpaired) electrons. The van der Waals surface area contributed by atoms with E-state index < -0.39 is 6.04 Å². The summed E-state index contributed by atoms with van der Waals surface area (Å²) in [6.45, 7) is 3.94. The van der Waals surface area contributed by atoms with Gasteiger partial charge in [0.25, 0.3) is 0 Å². The van der Waals surface area contributed by atoms with Gasteiger partial charge < -0.3 is 24.1 Å². The minimum Gasteiger partial charge on any atom is -0.493 e. The van der Waals surface area contributed by atoms with Crippen molar-refractivity contribution < 1.29 is 23.8 Å². The van der Waals surface area contributed by atoms with Gasteiger partial charge >= 0.3 is 5.97 Å². The summed E-state index contributed by atoms with van der Waals surface area (Å²) in [7, 11) is 3.12. The Labute approximate surface area is 181 Å². The average Bonchev–Trinajstić information content (AvgIpc) is 3.12. The number of nitrogens with zero attached hydrogens (tertiary/aromatic N) is 2. The molecule has 164 valence electrons. The smallest absolute Gasteiger partial charge is 0.326 e. The van der Waals surface area contributed by atoms with Gasteiger partial charge in [-0.25, -0.2) is 4.98 Å². The van der Waals surface area contributed by atoms with Crippen molar-refractivity contribution >= 4 is 22.9 Å². The van der Waals surface area contributed by atoms with E-state index in [0.29, 0.717) is 23.9 Å². The molecule has 8 nitrogen and oxygen atoms in total. The average molecular weight is 425 g/mol. The van der Waals surface area contributed by atoms with Crippen LogP contribution in [0.3, 0.4) is 0 Å². The summed E-state index contributed by atoms with van der Waals surface area (Å²) in [5, 5.41) is 2.97. The molecule has 1 heterocycles. The Hall–Kier alpha value is -3.55. The Bertz CT molecular complexity index is 1080. The van der Waals surface area contributed by atoms with E-state index >= 15 is 0 Å². The van der Waals surface area contributed by atoms with E-state index in [1.165, 1.54) is 0 Å². The van der Waals surface area contributed by atoms with Gasteiger partial charge in [-0.2, -0.15) is 0 Å². The molecule has 1 atom stereocenters. The molecule has 0 aliphatic rings. The molecule has 0 aliphatic carbocycles. The first-order valence-electron chi connectivity index (χ1n) is 10.1. The Morgan fingerprint density at radius 2 is 1.84 bits per heavy atom. The van der Waals surface area contributed by atoms with Crippen molar-refractivity contribution in [3.63, 3.8) is 0 Å². The summed E-state index contributed by atoms with van der Waals surface area (Å²) in [6.07, 6.45) is 0.169. The van der Waals surface area contributed by atoms with Crippen LogP contribution in [0.5, 0.6) is 11.5 Å². The van der Waals surface area contributed by atoms with E-state index in [1.54, 1.807) is 37.8 Å². The zero-order valence-corrected chi connectivity index (χ0v) is 18.2. The fourth-order valence-electron chi connectivity index (χ4n) is 3.46. The van der Waals surface area contributed by atoms with Crippen molar-refractivity contribution in [2.24, 2.45) is 0 Å². The third kappa shape index (κ3) is 5.14. The van der Waals surface area contributed by atoms with Crippen LogP contribution in [0, 0.1) is 0 Å². The molecule has 0 spiro atoms. The van der Waals surface area contributed by atoms with Crippen LogP contribution in [0.4, 0.5) is 0 Å². The lowest BCUT2D eigenvalue weighted by atomic mass is 10.1. The van der Waals surface area contributed by atoms with Crippen LogP contribution in [0.25, 0.3) is 11.0 Å². The van der Waals surface area contributed by atoms with E-state index in [4.69, 9.17) is 14.2 Å². The monoisotopic (exact) mass is 425 g/mol. The summed E-state index contributed by atoms with van der Waals surface area (Å²) < 4.78 is 17.4. The third-order valence-corrected chi connectivity index (χ3v) is 4.85. The van der Waals surface area contributed by atoms with Crippen molar-refractivity contribution in [3.8, 4) is 11.5 Å². The SMILES string of the molecule is CCOC(=O)Cn1c(C(C)NC(=O)Cc2ccc(OC)c(OC)c2)nc2ccccc21. The number of nitrogens with one attached hydrogen (secondary N) is 1. The van der Waals surface area contributed by atoms with Crippen molar-refractivity contribution in [3.05, 3.63) is 53.9 Å². The minimum atomic E-state index is -0.408. The van der Waals surface area contributed by atoms with E-state index in [-0.39, 0.29) is 24.8 Å². The molecular formula is C23H27N3O5. The normalized spacial score (nSPS) is 11.7. The second-order valence-electron chi connectivity index (χ2n) is 7.01. The van der Waals surface area contributed by atoms with Crippen LogP contribution < -0.4 is 14.8 Å². The number of para-hydroxylation sites is 2. The van der Waals surface area contributed by atoms with Gasteiger partial charge in [0, 0.05) is 0 Å². The number of imidazole rings is 1. The lowest BCUT2D eigenvalue weighted by Crippen LogP contribution is -2.30. The van der Waals surface area contributed by atoms with Gasteiger partial charge in [0.05, 0.1) is 44.3 Å². The number of rotatable bonds is 9. The molecule has 2 aromatic carbocycles. The van der Waals surface area contributed by atoms with Gasteiger partial charge in [0.1, 0.15) is 12.4 Å². The van der Waals surface area contributed by atoms with Gasteiger partial charge in [-0.15, -0.1) is 0 Å². The standard InChI is InChI=1S/C23H27N3O5/c1-5-31-22(28)14-26-18-9-7-6-8-17(18)25-23(26)15(2)24-21(27)13-16-10-11-19(29-3)20(12-16)30-4/h6-12,15H,5,13-14H2,1-4H3,(H,24,27). The predicted molar refractivity (Wildman–Crippen MR) is 116 cm³/mol. The Kier molecular flexibility index (Phi) is 7.12. The molecule has 0 saturated heterocycles. The fraction of sp³-hybridized carbons (Fsp3) is 0.348. The molecule has 3 rings (SSSR count). The van der Waals surface area contributed by atoms with E-state index in [9.17, 15) is 9.59 Å². The number of esters is 1. The molecule has 0 fully saturated rings. The number of ether oxygens (including phenoxy) is 3. The van der Waals surface area contributed by atoms with Gasteiger partial charge in [-0.3, -0.25) is 9.59 Å². The second kappa shape index (κ2) is 9.97. The topological polar surface area (TPSA) is 91.7 Å². The number of methoxy groups -OCH3 is 2. The zero-order chi connectivity index (χ0) is 22.4. The number of amides is 1. The highest BCUT2D eigenvalue weighted by molar-refractivity contribution is 5.81. The van der Waals surface area contributed by atoms with Crippen molar-refractivity contribution in [2.45, 2.75) is 32.9 Å². The number of benzene rings is 2. The number of hydrogen-bond acceptors (Lipinski definition) is 6. The maximum Gasteiger partial charge on any atom is 0.326 e. The summed E-state index contributed by atoms with van der Waals surface area (Å²) in [6, 6.07) is 12.5. The van der Waals surface area contributed by atoms with Crippen LogP contribution in [0.2, 0.25) is 0 Å². The second-order valence-corrected chi connectivity index (χ2v) is 7.01. The Morgan fingerprint density at radius 3 is 2.55 bits per heavy atom. The molecule has 1 N–H and O–H groups in total. The molecule has 3 aromatic rings. The van der Waals surface area contributed by atoms with Crippen LogP contribution in [-0.2, 0) is 27.3 Å². The number of fused-ring (bicyclic) bond motifs is 1. The lowest BCUT2D eigenvalue weighted by Gasteiger charge is -2.16. The number of carbonyl (C=O) groups is 2. The number of aromatic nitrogens is 2. The molecule has 1 unspecified atom stereocenters. The van der Waals surface area contributed by atoms with Gasteiger partial charge in [0.15, 0.2) is 11.5 Å². The van der Waals surface area contributed by atoms with Crippen molar-refractivity contribution in [1.82, 2.24) is 14.9 Å². The molecule has 0 saturated carbocycles. The quantitative estimate of drug-likeness (QED) is 0.530. The van der Waals surface area contributed by atoms with E-state index in [2.05, 4.69) is 10.3 Å². The van der Waals surface area contributed by atoms with Crippen LogP contribution in [-0.4, -0.2) is 42.3 Å². The maximum atomic E-state index is 12.7. The Balaban J connectivity index is 1.78. The largest absolute Gasteiger partial charge is 0.493 e. The molecule has 0 aliphatic heterocycles. The molecule has 1 aromatic heterocycles. The highest BCUT2D eigenvalue weighted by Gasteiger charge is 2.20. The van der Waals surface area contributed by atoms with Crippen LogP contribution in [0.1, 0.15) is 31.3 Å². The maximum absolute atomic E-state index is 12.7. The third-order valence-electron chi connectivity index (χ3n) is 4.85. The molecule has 1 amide bonds. The minimum absolute atomic E-state index is 0.0274. The van der Waals surface area contributed by atoms with Gasteiger partial charge in [0.2, 0.25) is 5.91 Å². The first kappa shape index (κ1) is 22.1. The number of carbonyl (C=O) groups excluding carboxylic acids is 2. The summed E-state index contributed by atoms with van der Waals surface area (Å²) in [4.78, 5) is 29.5. The van der Waals surface area contributed by atoms with Gasteiger partial charge in [-0.05, 0) is 43.7 Å². The molecular weight excluding hydrogens is 398 g/mol. The summed E-state index contributed by atoms with van der Waals surface area (Å²) >= 11 is 0. The first-order valence-corrected chi connectivity index (χ1v) is 10.1. The predicted octanol–water partition coefficient (Wildman–Crippen LogP) is 3.04. The van der Waals surface area contributed by atoms with E-state index in [1.807, 2.05) is 37.3 Å². The van der Waals surface area contributed by atoms with Gasteiger partial charge in [-0.1, -0.05) is 18.2 Å². The van der Waals surface area contributed by atoms with Crippen molar-refractivity contribution in [2.75, 3.05) is 20.8 Å². The van der Waals surface area contributed by atoms with Crippen LogP contribution >= 0.6 is 0 Å². The van der Waals surface area contributed by atoms with E-state index in [0.717, 1.165) is 16.6 Å². The van der Waals surface area contributed by atoms with Crippen molar-refractivity contribution in [1.29, 1.82) is 0 Å².